The Kier molecular flexibility index (Phi) is 4.44. The van der Waals surface area contributed by atoms with E-state index in [-0.39, 0.29) is 11.9 Å². The standard InChI is InChI=1S/C20H20FN5OS/c21-14-3-1-13(2-4-14)17-18(26-11-12-28-20(26)24-17)16-5-8-22-19(23-16)25-9-6-15(27)7-10-25/h1,3,5,8,11-12,15,27H,2,4,6-7,9-10H2. The van der Waals surface area contributed by atoms with Crippen LogP contribution in [0.1, 0.15) is 31.4 Å². The molecule has 0 amide bonds. The van der Waals surface area contributed by atoms with E-state index < -0.39 is 0 Å². The lowest BCUT2D eigenvalue weighted by Crippen LogP contribution is -2.36. The number of anilines is 1. The Morgan fingerprint density at radius 2 is 2.00 bits per heavy atom. The fourth-order valence-corrected chi connectivity index (χ4v) is 4.48. The second-order valence-electron chi connectivity index (χ2n) is 7.13. The zero-order chi connectivity index (χ0) is 19.1. The monoisotopic (exact) mass is 397 g/mol. The van der Waals surface area contributed by atoms with E-state index >= 15 is 0 Å². The molecule has 0 unspecified atom stereocenters. The summed E-state index contributed by atoms with van der Waals surface area (Å²) < 4.78 is 15.5. The van der Waals surface area contributed by atoms with Gasteiger partial charge in [0, 0.05) is 37.3 Å². The summed E-state index contributed by atoms with van der Waals surface area (Å²) in [6, 6.07) is 1.90. The molecule has 8 heteroatoms. The molecule has 0 spiro atoms. The smallest absolute Gasteiger partial charge is 0.225 e. The van der Waals surface area contributed by atoms with E-state index in [1.165, 1.54) is 6.08 Å². The first-order chi connectivity index (χ1) is 13.7. The van der Waals surface area contributed by atoms with Crippen molar-refractivity contribution < 1.29 is 9.50 Å². The van der Waals surface area contributed by atoms with Gasteiger partial charge < -0.3 is 10.0 Å². The van der Waals surface area contributed by atoms with Gasteiger partial charge >= 0.3 is 0 Å². The lowest BCUT2D eigenvalue weighted by atomic mass is 9.99. The minimum atomic E-state index is -0.238. The Bertz CT molecular complexity index is 1080. The third-order valence-corrected chi connectivity index (χ3v) is 6.05. The van der Waals surface area contributed by atoms with Crippen LogP contribution in [0.2, 0.25) is 0 Å². The lowest BCUT2D eigenvalue weighted by Gasteiger charge is -2.29. The van der Waals surface area contributed by atoms with Crippen LogP contribution in [0.15, 0.2) is 41.8 Å². The minimum Gasteiger partial charge on any atom is -0.393 e. The van der Waals surface area contributed by atoms with Gasteiger partial charge in [0.15, 0.2) is 4.96 Å². The predicted octanol–water partition coefficient (Wildman–Crippen LogP) is 3.84. The normalized spacial score (nSPS) is 18.4. The SMILES string of the molecule is OC1CCN(c2nccc(-c3c(C4=CC=C(F)CC4)nc4sccn34)n2)CC1. The van der Waals surface area contributed by atoms with Crippen LogP contribution in [0.25, 0.3) is 21.9 Å². The number of aromatic nitrogens is 4. The number of aliphatic hydroxyl groups is 1. The number of thiazole rings is 1. The molecule has 0 bridgehead atoms. The van der Waals surface area contributed by atoms with Crippen LogP contribution in [0.5, 0.6) is 0 Å². The highest BCUT2D eigenvalue weighted by Gasteiger charge is 2.23. The highest BCUT2D eigenvalue weighted by Crippen LogP contribution is 2.35. The molecule has 0 atom stereocenters. The quantitative estimate of drug-likeness (QED) is 0.727. The van der Waals surface area contributed by atoms with E-state index in [0.29, 0.717) is 18.8 Å². The minimum absolute atomic E-state index is 0.0945. The zero-order valence-corrected chi connectivity index (χ0v) is 16.1. The molecular weight excluding hydrogens is 377 g/mol. The molecule has 1 aliphatic heterocycles. The predicted molar refractivity (Wildman–Crippen MR) is 108 cm³/mol. The number of rotatable bonds is 3. The Balaban J connectivity index is 1.59. The summed E-state index contributed by atoms with van der Waals surface area (Å²) in [5.41, 5.74) is 3.59. The van der Waals surface area contributed by atoms with Crippen LogP contribution in [-0.4, -0.2) is 43.7 Å². The van der Waals surface area contributed by atoms with Crippen LogP contribution >= 0.6 is 11.3 Å². The summed E-state index contributed by atoms with van der Waals surface area (Å²) in [5, 5.41) is 11.8. The van der Waals surface area contributed by atoms with Gasteiger partial charge in [-0.15, -0.1) is 11.3 Å². The molecule has 144 valence electrons. The average molecular weight is 397 g/mol. The number of fused-ring (bicyclic) bond motifs is 1. The van der Waals surface area contributed by atoms with E-state index in [0.717, 1.165) is 53.5 Å². The highest BCUT2D eigenvalue weighted by molar-refractivity contribution is 7.15. The van der Waals surface area contributed by atoms with Crippen LogP contribution in [-0.2, 0) is 0 Å². The Morgan fingerprint density at radius 3 is 2.79 bits per heavy atom. The van der Waals surface area contributed by atoms with Gasteiger partial charge in [0.2, 0.25) is 5.95 Å². The van der Waals surface area contributed by atoms with Gasteiger partial charge in [0.05, 0.1) is 23.2 Å². The van der Waals surface area contributed by atoms with Crippen molar-refractivity contribution in [3.05, 3.63) is 47.5 Å². The van der Waals surface area contributed by atoms with E-state index in [9.17, 15) is 9.50 Å². The Hall–Kier alpha value is -2.58. The number of halogens is 1. The van der Waals surface area contributed by atoms with Gasteiger partial charge in [-0.25, -0.2) is 19.3 Å². The lowest BCUT2D eigenvalue weighted by molar-refractivity contribution is 0.145. The summed E-state index contributed by atoms with van der Waals surface area (Å²) >= 11 is 1.57. The molecule has 0 radical (unpaired) electrons. The van der Waals surface area contributed by atoms with Gasteiger partial charge in [-0.2, -0.15) is 0 Å². The van der Waals surface area contributed by atoms with Crippen molar-refractivity contribution in [2.24, 2.45) is 0 Å². The fraction of sp³-hybridized carbons (Fsp3) is 0.350. The number of allylic oxidation sites excluding steroid dienone is 4. The third-order valence-electron chi connectivity index (χ3n) is 5.30. The fourth-order valence-electron chi connectivity index (χ4n) is 3.76. The van der Waals surface area contributed by atoms with Crippen molar-refractivity contribution >= 4 is 27.8 Å². The maximum atomic E-state index is 13.5. The molecule has 2 aliphatic rings. The summed E-state index contributed by atoms with van der Waals surface area (Å²) in [6.07, 6.45) is 9.36. The molecule has 0 aromatic carbocycles. The van der Waals surface area contributed by atoms with Gasteiger partial charge in [0.25, 0.3) is 0 Å². The number of nitrogens with zero attached hydrogens (tertiary/aromatic N) is 5. The molecule has 3 aromatic rings. The van der Waals surface area contributed by atoms with Crippen molar-refractivity contribution in [1.29, 1.82) is 0 Å². The van der Waals surface area contributed by atoms with Crippen LogP contribution in [0.4, 0.5) is 10.3 Å². The van der Waals surface area contributed by atoms with Crippen molar-refractivity contribution in [2.75, 3.05) is 18.0 Å². The maximum Gasteiger partial charge on any atom is 0.225 e. The molecule has 5 rings (SSSR count). The first kappa shape index (κ1) is 17.5. The average Bonchev–Trinajstić information content (AvgIpc) is 3.30. The van der Waals surface area contributed by atoms with Crippen LogP contribution < -0.4 is 4.90 Å². The summed E-state index contributed by atoms with van der Waals surface area (Å²) in [4.78, 5) is 17.1. The molecule has 6 nitrogen and oxygen atoms in total. The largest absolute Gasteiger partial charge is 0.393 e. The maximum absolute atomic E-state index is 13.5. The summed E-state index contributed by atoms with van der Waals surface area (Å²) in [6.45, 7) is 1.49. The van der Waals surface area contributed by atoms with Crippen molar-refractivity contribution in [3.8, 4) is 11.4 Å². The Labute approximate surface area is 165 Å². The summed E-state index contributed by atoms with van der Waals surface area (Å²) in [5.74, 6) is 0.576. The topological polar surface area (TPSA) is 66.5 Å². The second-order valence-corrected chi connectivity index (χ2v) is 8.00. The zero-order valence-electron chi connectivity index (χ0n) is 15.3. The van der Waals surface area contributed by atoms with E-state index in [4.69, 9.17) is 9.97 Å². The molecule has 0 saturated carbocycles. The molecule has 1 fully saturated rings. The molecule has 1 N–H and O–H groups in total. The third kappa shape index (κ3) is 3.12. The number of hydrogen-bond donors (Lipinski definition) is 1. The van der Waals surface area contributed by atoms with Gasteiger partial charge in [-0.1, -0.05) is 6.08 Å². The first-order valence-electron chi connectivity index (χ1n) is 9.46. The van der Waals surface area contributed by atoms with Crippen LogP contribution in [0.3, 0.4) is 0 Å². The number of piperidine rings is 1. The summed E-state index contributed by atoms with van der Waals surface area (Å²) in [7, 11) is 0. The molecule has 1 saturated heterocycles. The molecule has 28 heavy (non-hydrogen) atoms. The Morgan fingerprint density at radius 1 is 1.14 bits per heavy atom. The van der Waals surface area contributed by atoms with E-state index in [2.05, 4.69) is 9.88 Å². The van der Waals surface area contributed by atoms with Gasteiger partial charge in [0.1, 0.15) is 5.83 Å². The van der Waals surface area contributed by atoms with Crippen molar-refractivity contribution in [2.45, 2.75) is 31.8 Å². The van der Waals surface area contributed by atoms with Gasteiger partial charge in [-0.3, -0.25) is 4.40 Å². The molecule has 3 aromatic heterocycles. The van der Waals surface area contributed by atoms with Crippen molar-refractivity contribution in [3.63, 3.8) is 0 Å². The van der Waals surface area contributed by atoms with Crippen LogP contribution in [0, 0.1) is 0 Å². The molecule has 4 heterocycles. The molecular formula is C20H20FN5OS. The van der Waals surface area contributed by atoms with E-state index in [1.807, 2.05) is 28.1 Å². The number of imidazole rings is 1. The van der Waals surface area contributed by atoms with E-state index in [1.54, 1.807) is 17.5 Å². The van der Waals surface area contributed by atoms with Gasteiger partial charge in [-0.05, 0) is 37.0 Å². The number of hydrogen-bond acceptors (Lipinski definition) is 6. The highest BCUT2D eigenvalue weighted by atomic mass is 32.1. The first-order valence-corrected chi connectivity index (χ1v) is 10.3. The second kappa shape index (κ2) is 7.10. The molecule has 1 aliphatic carbocycles. The van der Waals surface area contributed by atoms with Crippen molar-refractivity contribution in [1.82, 2.24) is 19.4 Å². The number of aliphatic hydroxyl groups excluding tert-OH is 1.